The van der Waals surface area contributed by atoms with Crippen molar-refractivity contribution in [2.75, 3.05) is 6.61 Å². The predicted molar refractivity (Wildman–Crippen MR) is 88.0 cm³/mol. The van der Waals surface area contributed by atoms with Crippen molar-refractivity contribution >= 4 is 17.8 Å². The molecule has 3 atom stereocenters. The van der Waals surface area contributed by atoms with Gasteiger partial charge in [-0.05, 0) is 31.2 Å². The summed E-state index contributed by atoms with van der Waals surface area (Å²) in [7, 11) is 0. The van der Waals surface area contributed by atoms with Crippen molar-refractivity contribution in [2.45, 2.75) is 45.6 Å². The highest BCUT2D eigenvalue weighted by Gasteiger charge is 2.56. The predicted octanol–water partition coefficient (Wildman–Crippen LogP) is 2.51. The number of likely N-dealkylation sites (tertiary alicyclic amines) is 1. The second-order valence-corrected chi connectivity index (χ2v) is 7.23. The SMILES string of the molecule is CCOC(=O)[C@@H]1CC(C)(C)C(=O)N1C(=O)C1CC1c1ccccc1. The molecule has 0 aromatic heterocycles. The Morgan fingerprint density at radius 2 is 1.92 bits per heavy atom. The van der Waals surface area contributed by atoms with Gasteiger partial charge < -0.3 is 4.74 Å². The number of amides is 2. The van der Waals surface area contributed by atoms with Crippen LogP contribution in [-0.2, 0) is 19.1 Å². The van der Waals surface area contributed by atoms with E-state index in [0.717, 1.165) is 12.0 Å². The zero-order chi connectivity index (χ0) is 17.5. The molecule has 5 nitrogen and oxygen atoms in total. The molecule has 1 heterocycles. The van der Waals surface area contributed by atoms with Gasteiger partial charge in [0.15, 0.2) is 0 Å². The van der Waals surface area contributed by atoms with E-state index in [4.69, 9.17) is 4.74 Å². The molecule has 3 rings (SSSR count). The number of hydrogen-bond acceptors (Lipinski definition) is 4. The third kappa shape index (κ3) is 2.83. The lowest BCUT2D eigenvalue weighted by Crippen LogP contribution is -2.45. The van der Waals surface area contributed by atoms with E-state index in [1.54, 1.807) is 20.8 Å². The maximum atomic E-state index is 12.9. The molecule has 128 valence electrons. The van der Waals surface area contributed by atoms with Crippen LogP contribution in [0.25, 0.3) is 0 Å². The number of nitrogens with zero attached hydrogens (tertiary/aromatic N) is 1. The summed E-state index contributed by atoms with van der Waals surface area (Å²) in [6, 6.07) is 9.03. The summed E-state index contributed by atoms with van der Waals surface area (Å²) in [5.41, 5.74) is 0.388. The Kier molecular flexibility index (Phi) is 4.20. The average molecular weight is 329 g/mol. The normalized spacial score (nSPS) is 27.9. The van der Waals surface area contributed by atoms with Gasteiger partial charge in [-0.15, -0.1) is 0 Å². The van der Waals surface area contributed by atoms with E-state index in [1.165, 1.54) is 4.90 Å². The van der Waals surface area contributed by atoms with Gasteiger partial charge in [-0.25, -0.2) is 4.79 Å². The Bertz CT molecular complexity index is 667. The quantitative estimate of drug-likeness (QED) is 0.629. The van der Waals surface area contributed by atoms with Crippen LogP contribution in [0.2, 0.25) is 0 Å². The molecule has 2 fully saturated rings. The Labute approximate surface area is 142 Å². The van der Waals surface area contributed by atoms with Gasteiger partial charge >= 0.3 is 5.97 Å². The Balaban J connectivity index is 1.79. The third-order valence-corrected chi connectivity index (χ3v) is 4.94. The molecular weight excluding hydrogens is 306 g/mol. The molecule has 0 N–H and O–H groups in total. The van der Waals surface area contributed by atoms with E-state index in [-0.39, 0.29) is 30.3 Å². The smallest absolute Gasteiger partial charge is 0.329 e. The second kappa shape index (κ2) is 6.04. The lowest BCUT2D eigenvalue weighted by molar-refractivity contribution is -0.158. The lowest BCUT2D eigenvalue weighted by Gasteiger charge is -2.22. The van der Waals surface area contributed by atoms with Crippen molar-refractivity contribution in [3.8, 4) is 0 Å². The number of esters is 1. The van der Waals surface area contributed by atoms with Crippen molar-refractivity contribution in [1.29, 1.82) is 0 Å². The van der Waals surface area contributed by atoms with E-state index in [0.29, 0.717) is 6.42 Å². The van der Waals surface area contributed by atoms with Crippen LogP contribution in [0.4, 0.5) is 0 Å². The Morgan fingerprint density at radius 3 is 2.54 bits per heavy atom. The molecule has 5 heteroatoms. The van der Waals surface area contributed by atoms with Crippen molar-refractivity contribution in [2.24, 2.45) is 11.3 Å². The highest BCUT2D eigenvalue weighted by Crippen LogP contribution is 2.50. The summed E-state index contributed by atoms with van der Waals surface area (Å²) in [5.74, 6) is -1.08. The van der Waals surface area contributed by atoms with E-state index >= 15 is 0 Å². The fraction of sp³-hybridized carbons (Fsp3) is 0.526. The summed E-state index contributed by atoms with van der Waals surface area (Å²) < 4.78 is 5.07. The van der Waals surface area contributed by atoms with Crippen LogP contribution in [-0.4, -0.2) is 35.3 Å². The van der Waals surface area contributed by atoms with Crippen LogP contribution in [0.15, 0.2) is 30.3 Å². The summed E-state index contributed by atoms with van der Waals surface area (Å²) in [6.07, 6.45) is 1.04. The monoisotopic (exact) mass is 329 g/mol. The lowest BCUT2D eigenvalue weighted by atomic mass is 9.90. The van der Waals surface area contributed by atoms with Gasteiger partial charge in [0, 0.05) is 11.3 Å². The van der Waals surface area contributed by atoms with E-state index < -0.39 is 17.4 Å². The minimum absolute atomic E-state index is 0.137. The maximum absolute atomic E-state index is 12.9. The zero-order valence-electron chi connectivity index (χ0n) is 14.3. The highest BCUT2D eigenvalue weighted by molar-refractivity contribution is 6.05. The van der Waals surface area contributed by atoms with Crippen LogP contribution in [0.3, 0.4) is 0 Å². The molecule has 1 saturated carbocycles. The minimum Gasteiger partial charge on any atom is -0.464 e. The van der Waals surface area contributed by atoms with Gasteiger partial charge in [-0.3, -0.25) is 14.5 Å². The average Bonchev–Trinajstić information content (AvgIpc) is 3.31. The molecular formula is C19H23NO4. The molecule has 0 bridgehead atoms. The molecule has 1 aliphatic heterocycles. The van der Waals surface area contributed by atoms with Crippen molar-refractivity contribution < 1.29 is 19.1 Å². The fourth-order valence-corrected chi connectivity index (χ4v) is 3.53. The van der Waals surface area contributed by atoms with Crippen LogP contribution < -0.4 is 0 Å². The minimum atomic E-state index is -0.794. The first kappa shape index (κ1) is 16.7. The number of carbonyl (C=O) groups is 3. The summed E-state index contributed by atoms with van der Waals surface area (Å²) in [6.45, 7) is 5.51. The third-order valence-electron chi connectivity index (χ3n) is 4.94. The molecule has 2 unspecified atom stereocenters. The first-order valence-electron chi connectivity index (χ1n) is 8.46. The highest BCUT2D eigenvalue weighted by atomic mass is 16.5. The number of imide groups is 1. The summed E-state index contributed by atoms with van der Waals surface area (Å²) in [5, 5.41) is 0. The van der Waals surface area contributed by atoms with Crippen molar-refractivity contribution in [1.82, 2.24) is 4.90 Å². The molecule has 0 radical (unpaired) electrons. The van der Waals surface area contributed by atoms with E-state index in [2.05, 4.69) is 0 Å². The topological polar surface area (TPSA) is 63.7 Å². The Hall–Kier alpha value is -2.17. The zero-order valence-corrected chi connectivity index (χ0v) is 14.3. The number of benzene rings is 1. The number of hydrogen-bond donors (Lipinski definition) is 0. The first-order chi connectivity index (χ1) is 11.4. The molecule has 1 aromatic carbocycles. The molecule has 0 spiro atoms. The summed E-state index contributed by atoms with van der Waals surface area (Å²) >= 11 is 0. The van der Waals surface area contributed by atoms with Crippen LogP contribution in [0.5, 0.6) is 0 Å². The van der Waals surface area contributed by atoms with Gasteiger partial charge in [0.25, 0.3) is 0 Å². The molecule has 24 heavy (non-hydrogen) atoms. The van der Waals surface area contributed by atoms with Gasteiger partial charge in [0.2, 0.25) is 11.8 Å². The molecule has 2 amide bonds. The van der Waals surface area contributed by atoms with Crippen LogP contribution >= 0.6 is 0 Å². The van der Waals surface area contributed by atoms with E-state index in [9.17, 15) is 14.4 Å². The van der Waals surface area contributed by atoms with Gasteiger partial charge in [0.05, 0.1) is 6.61 Å². The Morgan fingerprint density at radius 1 is 1.25 bits per heavy atom. The molecule has 1 aliphatic carbocycles. The fourth-order valence-electron chi connectivity index (χ4n) is 3.53. The molecule has 2 aliphatic rings. The molecule has 1 aromatic rings. The van der Waals surface area contributed by atoms with Crippen LogP contribution in [0, 0.1) is 11.3 Å². The maximum Gasteiger partial charge on any atom is 0.329 e. The number of carbonyl (C=O) groups excluding carboxylic acids is 3. The standard InChI is InChI=1S/C19H23NO4/c1-4-24-17(22)15-11-19(2,3)18(23)20(15)16(21)14-10-13(14)12-8-6-5-7-9-12/h5-9,13-15H,4,10-11H2,1-3H3/t13?,14?,15-/m0/s1. The van der Waals surface area contributed by atoms with Crippen molar-refractivity contribution in [3.05, 3.63) is 35.9 Å². The van der Waals surface area contributed by atoms with Crippen LogP contribution in [0.1, 0.15) is 45.1 Å². The molecule has 1 saturated heterocycles. The van der Waals surface area contributed by atoms with Gasteiger partial charge in [0.1, 0.15) is 6.04 Å². The first-order valence-corrected chi connectivity index (χ1v) is 8.46. The van der Waals surface area contributed by atoms with E-state index in [1.807, 2.05) is 30.3 Å². The number of ether oxygens (including phenoxy) is 1. The summed E-state index contributed by atoms with van der Waals surface area (Å²) in [4.78, 5) is 39.0. The second-order valence-electron chi connectivity index (χ2n) is 7.23. The largest absolute Gasteiger partial charge is 0.464 e. The number of rotatable bonds is 4. The van der Waals surface area contributed by atoms with Gasteiger partial charge in [-0.2, -0.15) is 0 Å². The van der Waals surface area contributed by atoms with Gasteiger partial charge in [-0.1, -0.05) is 44.2 Å². The van der Waals surface area contributed by atoms with Crippen molar-refractivity contribution in [3.63, 3.8) is 0 Å².